The number of rotatable bonds is 5. The minimum Gasteiger partial charge on any atom is -0.497 e. The molecule has 3 aromatic rings. The zero-order valence-electron chi connectivity index (χ0n) is 17.6. The molecule has 5 rings (SSSR count). The number of benzene rings is 1. The van der Waals surface area contributed by atoms with Crippen LogP contribution in [-0.2, 0) is 11.3 Å². The monoisotopic (exact) mass is 433 g/mol. The molecule has 164 valence electrons. The van der Waals surface area contributed by atoms with Gasteiger partial charge in [0.1, 0.15) is 5.75 Å². The summed E-state index contributed by atoms with van der Waals surface area (Å²) in [6.45, 7) is 0.236. The van der Waals surface area contributed by atoms with E-state index in [4.69, 9.17) is 9.26 Å². The molecule has 2 aliphatic rings. The number of nitrogens with one attached hydrogen (secondary N) is 1. The van der Waals surface area contributed by atoms with Crippen LogP contribution in [0.15, 0.2) is 53.3 Å². The SMILES string of the molecule is COc1ccc(CN2C(=O)NC3CC(c4nc(-c5ccncc5)no4)CCC3C2=O)cc1. The van der Waals surface area contributed by atoms with Crippen LogP contribution < -0.4 is 10.1 Å². The van der Waals surface area contributed by atoms with Gasteiger partial charge < -0.3 is 14.6 Å². The normalized spacial score (nSPS) is 22.9. The number of aromatic nitrogens is 3. The molecular formula is C23H23N5O4. The Morgan fingerprint density at radius 1 is 1.12 bits per heavy atom. The summed E-state index contributed by atoms with van der Waals surface area (Å²) >= 11 is 0. The number of methoxy groups -OCH3 is 1. The average molecular weight is 433 g/mol. The van der Waals surface area contributed by atoms with Crippen LogP contribution in [0, 0.1) is 5.92 Å². The first kappa shape index (κ1) is 20.2. The second-order valence-corrected chi connectivity index (χ2v) is 8.14. The molecule has 1 saturated carbocycles. The molecule has 1 N–H and O–H groups in total. The smallest absolute Gasteiger partial charge is 0.324 e. The number of urea groups is 1. The van der Waals surface area contributed by atoms with Crippen molar-refractivity contribution in [3.63, 3.8) is 0 Å². The van der Waals surface area contributed by atoms with Crippen LogP contribution in [-0.4, -0.2) is 45.1 Å². The van der Waals surface area contributed by atoms with E-state index in [0.717, 1.165) is 23.3 Å². The van der Waals surface area contributed by atoms with Gasteiger partial charge >= 0.3 is 6.03 Å². The molecule has 0 radical (unpaired) electrons. The Balaban J connectivity index is 1.26. The quantitative estimate of drug-likeness (QED) is 0.658. The fraction of sp³-hybridized carbons (Fsp3) is 0.348. The highest BCUT2D eigenvalue weighted by Gasteiger charge is 2.45. The highest BCUT2D eigenvalue weighted by molar-refractivity contribution is 5.98. The molecule has 9 nitrogen and oxygen atoms in total. The molecule has 2 aromatic heterocycles. The lowest BCUT2D eigenvalue weighted by atomic mass is 9.76. The Morgan fingerprint density at radius 2 is 1.91 bits per heavy atom. The van der Waals surface area contributed by atoms with Gasteiger partial charge in [0.15, 0.2) is 0 Å². The summed E-state index contributed by atoms with van der Waals surface area (Å²) in [4.78, 5) is 35.7. The first-order chi connectivity index (χ1) is 15.6. The fourth-order valence-electron chi connectivity index (χ4n) is 4.47. The largest absolute Gasteiger partial charge is 0.497 e. The molecule has 1 aromatic carbocycles. The van der Waals surface area contributed by atoms with E-state index in [9.17, 15) is 9.59 Å². The van der Waals surface area contributed by atoms with Gasteiger partial charge in [0, 0.05) is 29.9 Å². The third kappa shape index (κ3) is 3.81. The van der Waals surface area contributed by atoms with E-state index in [-0.39, 0.29) is 36.4 Å². The zero-order chi connectivity index (χ0) is 22.1. The van der Waals surface area contributed by atoms with Gasteiger partial charge in [0.2, 0.25) is 17.6 Å². The first-order valence-corrected chi connectivity index (χ1v) is 10.6. The van der Waals surface area contributed by atoms with Crippen LogP contribution in [0.5, 0.6) is 5.75 Å². The first-order valence-electron chi connectivity index (χ1n) is 10.6. The van der Waals surface area contributed by atoms with Crippen LogP contribution in [0.25, 0.3) is 11.4 Å². The van der Waals surface area contributed by atoms with E-state index < -0.39 is 0 Å². The molecule has 2 fully saturated rings. The van der Waals surface area contributed by atoms with Gasteiger partial charge in [-0.05, 0) is 49.1 Å². The summed E-state index contributed by atoms with van der Waals surface area (Å²) in [5.74, 6) is 1.41. The van der Waals surface area contributed by atoms with Crippen LogP contribution in [0.4, 0.5) is 4.79 Å². The van der Waals surface area contributed by atoms with Crippen molar-refractivity contribution in [1.29, 1.82) is 0 Å². The standard InChI is InChI=1S/C23H23N5O4/c1-31-17-5-2-14(3-6-17)13-28-22(29)18-7-4-16(12-19(18)25-23(28)30)21-26-20(27-32-21)15-8-10-24-11-9-15/h2-3,5-6,8-11,16,18-19H,4,7,12-13H2,1H3,(H,25,30). The Labute approximate surface area is 184 Å². The van der Waals surface area contributed by atoms with Crippen molar-refractivity contribution in [2.24, 2.45) is 5.92 Å². The molecule has 3 heterocycles. The number of pyridine rings is 1. The summed E-state index contributed by atoms with van der Waals surface area (Å²) in [7, 11) is 1.60. The molecule has 1 aliphatic carbocycles. The number of imide groups is 1. The van der Waals surface area contributed by atoms with Crippen LogP contribution in [0.1, 0.15) is 36.6 Å². The average Bonchev–Trinajstić information content (AvgIpc) is 3.33. The van der Waals surface area contributed by atoms with Crippen molar-refractivity contribution in [2.45, 2.75) is 37.8 Å². The fourth-order valence-corrected chi connectivity index (χ4v) is 4.47. The molecule has 3 amide bonds. The van der Waals surface area contributed by atoms with Crippen LogP contribution in [0.2, 0.25) is 0 Å². The van der Waals surface area contributed by atoms with Gasteiger partial charge in [-0.3, -0.25) is 14.7 Å². The highest BCUT2D eigenvalue weighted by Crippen LogP contribution is 2.38. The van der Waals surface area contributed by atoms with E-state index in [1.165, 1.54) is 4.90 Å². The molecule has 0 spiro atoms. The number of fused-ring (bicyclic) bond motifs is 1. The van der Waals surface area contributed by atoms with E-state index in [1.807, 2.05) is 36.4 Å². The van der Waals surface area contributed by atoms with Gasteiger partial charge in [-0.2, -0.15) is 4.98 Å². The van der Waals surface area contributed by atoms with Gasteiger partial charge in [-0.1, -0.05) is 17.3 Å². The molecule has 3 atom stereocenters. The van der Waals surface area contributed by atoms with E-state index in [1.54, 1.807) is 19.5 Å². The molecule has 1 aliphatic heterocycles. The molecule has 1 saturated heterocycles. The minimum atomic E-state index is -0.365. The maximum atomic E-state index is 13.1. The van der Waals surface area contributed by atoms with Crippen molar-refractivity contribution < 1.29 is 18.8 Å². The maximum Gasteiger partial charge on any atom is 0.324 e. The second-order valence-electron chi connectivity index (χ2n) is 8.14. The van der Waals surface area contributed by atoms with Crippen molar-refractivity contribution in [3.8, 4) is 17.1 Å². The third-order valence-electron chi connectivity index (χ3n) is 6.22. The lowest BCUT2D eigenvalue weighted by Crippen LogP contribution is -2.60. The lowest BCUT2D eigenvalue weighted by Gasteiger charge is -2.41. The molecule has 3 unspecified atom stereocenters. The van der Waals surface area contributed by atoms with E-state index >= 15 is 0 Å². The highest BCUT2D eigenvalue weighted by atomic mass is 16.5. The van der Waals surface area contributed by atoms with Gasteiger partial charge in [0.05, 0.1) is 19.6 Å². The van der Waals surface area contributed by atoms with Gasteiger partial charge in [-0.15, -0.1) is 0 Å². The molecular weight excluding hydrogens is 410 g/mol. The zero-order valence-corrected chi connectivity index (χ0v) is 17.6. The van der Waals surface area contributed by atoms with Gasteiger partial charge in [0.25, 0.3) is 0 Å². The number of carbonyl (C=O) groups is 2. The van der Waals surface area contributed by atoms with Gasteiger partial charge in [-0.25, -0.2) is 4.79 Å². The Morgan fingerprint density at radius 3 is 2.66 bits per heavy atom. The van der Waals surface area contributed by atoms with Crippen LogP contribution >= 0.6 is 0 Å². The van der Waals surface area contributed by atoms with Crippen molar-refractivity contribution in [3.05, 3.63) is 60.2 Å². The molecule has 32 heavy (non-hydrogen) atoms. The molecule has 9 heteroatoms. The summed E-state index contributed by atoms with van der Waals surface area (Å²) in [5, 5.41) is 7.10. The number of hydrogen-bond donors (Lipinski definition) is 1. The summed E-state index contributed by atoms with van der Waals surface area (Å²) in [6.07, 6.45) is 5.35. The van der Waals surface area contributed by atoms with E-state index in [0.29, 0.717) is 24.6 Å². The Kier molecular flexibility index (Phi) is 5.30. The summed E-state index contributed by atoms with van der Waals surface area (Å²) < 4.78 is 10.7. The Hall–Kier alpha value is -3.75. The topological polar surface area (TPSA) is 110 Å². The third-order valence-corrected chi connectivity index (χ3v) is 6.22. The lowest BCUT2D eigenvalue weighted by molar-refractivity contribution is -0.137. The number of ether oxygens (including phenoxy) is 1. The number of nitrogens with zero attached hydrogens (tertiary/aromatic N) is 4. The van der Waals surface area contributed by atoms with Crippen LogP contribution in [0.3, 0.4) is 0 Å². The summed E-state index contributed by atoms with van der Waals surface area (Å²) in [5.41, 5.74) is 1.70. The van der Waals surface area contributed by atoms with Crippen molar-refractivity contribution in [1.82, 2.24) is 25.3 Å². The number of hydrogen-bond acceptors (Lipinski definition) is 7. The predicted octanol–water partition coefficient (Wildman–Crippen LogP) is 3.14. The summed E-state index contributed by atoms with van der Waals surface area (Å²) in [6, 6.07) is 10.4. The molecule has 0 bridgehead atoms. The minimum absolute atomic E-state index is 0.000533. The number of amides is 3. The predicted molar refractivity (Wildman–Crippen MR) is 113 cm³/mol. The number of carbonyl (C=O) groups excluding carboxylic acids is 2. The van der Waals surface area contributed by atoms with E-state index in [2.05, 4.69) is 20.4 Å². The maximum absolute atomic E-state index is 13.1. The van der Waals surface area contributed by atoms with Crippen molar-refractivity contribution in [2.75, 3.05) is 7.11 Å². The Bertz CT molecular complexity index is 1110. The second kappa shape index (κ2) is 8.41. The van der Waals surface area contributed by atoms with Crippen molar-refractivity contribution >= 4 is 11.9 Å².